The van der Waals surface area contributed by atoms with E-state index in [1.54, 1.807) is 4.90 Å². The lowest BCUT2D eigenvalue weighted by molar-refractivity contribution is 0.0743. The first-order valence-electron chi connectivity index (χ1n) is 6.44. The molecule has 4 nitrogen and oxygen atoms in total. The molecule has 0 N–H and O–H groups in total. The molecule has 0 aromatic carbocycles. The maximum atomic E-state index is 13.1. The quantitative estimate of drug-likeness (QED) is 0.804. The highest BCUT2D eigenvalue weighted by atomic mass is 19.1. The largest absolute Gasteiger partial charge is 0.332 e. The zero-order valence-corrected chi connectivity index (χ0v) is 11.5. The van der Waals surface area contributed by atoms with E-state index in [-0.39, 0.29) is 11.6 Å². The van der Waals surface area contributed by atoms with E-state index in [1.165, 1.54) is 18.2 Å². The number of nitrogens with zero attached hydrogens (tertiary/aromatic N) is 3. The summed E-state index contributed by atoms with van der Waals surface area (Å²) in [6, 6.07) is 9.87. The highest BCUT2D eigenvalue weighted by Crippen LogP contribution is 2.08. The Morgan fingerprint density at radius 3 is 2.60 bits per heavy atom. The van der Waals surface area contributed by atoms with Gasteiger partial charge in [-0.1, -0.05) is 12.1 Å². The van der Waals surface area contributed by atoms with Gasteiger partial charge in [-0.2, -0.15) is 4.39 Å². The first-order valence-corrected chi connectivity index (χ1v) is 6.44. The maximum absolute atomic E-state index is 13.1. The summed E-state index contributed by atoms with van der Waals surface area (Å²) >= 11 is 0. The average molecular weight is 273 g/mol. The van der Waals surface area contributed by atoms with Crippen molar-refractivity contribution in [2.24, 2.45) is 0 Å². The lowest BCUT2D eigenvalue weighted by atomic mass is 10.2. The second kappa shape index (κ2) is 6.23. The number of aryl methyl sites for hydroxylation is 1. The van der Waals surface area contributed by atoms with Crippen LogP contribution >= 0.6 is 0 Å². The molecule has 0 bridgehead atoms. The Hall–Kier alpha value is -2.30. The minimum Gasteiger partial charge on any atom is -0.332 e. The van der Waals surface area contributed by atoms with Gasteiger partial charge in [0.25, 0.3) is 5.91 Å². The molecule has 0 atom stereocenters. The van der Waals surface area contributed by atoms with Crippen LogP contribution < -0.4 is 0 Å². The molecule has 2 aromatic heterocycles. The summed E-state index contributed by atoms with van der Waals surface area (Å²) in [5.41, 5.74) is 1.81. The van der Waals surface area contributed by atoms with Gasteiger partial charge >= 0.3 is 0 Å². The lowest BCUT2D eigenvalue weighted by Crippen LogP contribution is -2.31. The molecule has 0 radical (unpaired) electrons. The van der Waals surface area contributed by atoms with E-state index >= 15 is 0 Å². The zero-order chi connectivity index (χ0) is 14.5. The van der Waals surface area contributed by atoms with Gasteiger partial charge in [0.1, 0.15) is 5.69 Å². The van der Waals surface area contributed by atoms with Crippen LogP contribution in [0.15, 0.2) is 36.4 Å². The normalized spacial score (nSPS) is 10.3. The number of hydrogen-bond donors (Lipinski definition) is 0. The standard InChI is InChI=1S/C15H16FN3O/c1-3-19(10-12-7-4-6-11(2)17-12)15(20)13-8-5-9-14(16)18-13/h4-9H,3,10H2,1-2H3. The van der Waals surface area contributed by atoms with Crippen molar-refractivity contribution in [2.75, 3.05) is 6.54 Å². The third-order valence-electron chi connectivity index (χ3n) is 2.90. The van der Waals surface area contributed by atoms with Gasteiger partial charge in [0.2, 0.25) is 5.95 Å². The van der Waals surface area contributed by atoms with Crippen molar-refractivity contribution < 1.29 is 9.18 Å². The molecule has 1 amide bonds. The van der Waals surface area contributed by atoms with Crippen molar-refractivity contribution in [1.82, 2.24) is 14.9 Å². The van der Waals surface area contributed by atoms with E-state index in [0.717, 1.165) is 11.4 Å². The predicted octanol–water partition coefficient (Wildman–Crippen LogP) is 2.59. The van der Waals surface area contributed by atoms with Gasteiger partial charge in [-0.15, -0.1) is 0 Å². The van der Waals surface area contributed by atoms with Gasteiger partial charge in [-0.25, -0.2) is 4.98 Å². The third-order valence-corrected chi connectivity index (χ3v) is 2.90. The van der Waals surface area contributed by atoms with Gasteiger partial charge in [0, 0.05) is 12.2 Å². The Morgan fingerprint density at radius 1 is 1.20 bits per heavy atom. The van der Waals surface area contributed by atoms with Crippen molar-refractivity contribution in [2.45, 2.75) is 20.4 Å². The second-order valence-electron chi connectivity index (χ2n) is 4.44. The van der Waals surface area contributed by atoms with Gasteiger partial charge in [0.15, 0.2) is 0 Å². The van der Waals surface area contributed by atoms with E-state index in [0.29, 0.717) is 13.1 Å². The molecular formula is C15H16FN3O. The van der Waals surface area contributed by atoms with Crippen LogP contribution in [0.2, 0.25) is 0 Å². The number of carbonyl (C=O) groups excluding carboxylic acids is 1. The molecule has 104 valence electrons. The summed E-state index contributed by atoms with van der Waals surface area (Å²) in [6.45, 7) is 4.66. The molecular weight excluding hydrogens is 257 g/mol. The fraction of sp³-hybridized carbons (Fsp3) is 0.267. The summed E-state index contributed by atoms with van der Waals surface area (Å²) in [5, 5.41) is 0. The average Bonchev–Trinajstić information content (AvgIpc) is 2.44. The van der Waals surface area contributed by atoms with Gasteiger partial charge in [-0.3, -0.25) is 9.78 Å². The molecule has 0 aliphatic heterocycles. The molecule has 0 unspecified atom stereocenters. The SMILES string of the molecule is CCN(Cc1cccc(C)n1)C(=O)c1cccc(F)n1. The Labute approximate surface area is 117 Å². The van der Waals surface area contributed by atoms with Gasteiger partial charge in [0.05, 0.1) is 12.2 Å². The van der Waals surface area contributed by atoms with Crippen molar-refractivity contribution in [3.8, 4) is 0 Å². The molecule has 5 heteroatoms. The summed E-state index contributed by atoms with van der Waals surface area (Å²) in [7, 11) is 0. The maximum Gasteiger partial charge on any atom is 0.272 e. The molecule has 2 aromatic rings. The van der Waals surface area contributed by atoms with E-state index in [4.69, 9.17) is 0 Å². The minimum atomic E-state index is -0.652. The Balaban J connectivity index is 2.18. The second-order valence-corrected chi connectivity index (χ2v) is 4.44. The number of pyridine rings is 2. The van der Waals surface area contributed by atoms with Crippen LogP contribution in [0.3, 0.4) is 0 Å². The Kier molecular flexibility index (Phi) is 4.40. The molecule has 0 saturated carbocycles. The fourth-order valence-corrected chi connectivity index (χ4v) is 1.90. The van der Waals surface area contributed by atoms with E-state index in [1.807, 2.05) is 32.0 Å². The molecule has 2 rings (SSSR count). The number of halogens is 1. The molecule has 20 heavy (non-hydrogen) atoms. The Bertz CT molecular complexity index is 616. The van der Waals surface area contributed by atoms with Crippen molar-refractivity contribution in [3.63, 3.8) is 0 Å². The number of hydrogen-bond acceptors (Lipinski definition) is 3. The van der Waals surface area contributed by atoms with Crippen molar-refractivity contribution >= 4 is 5.91 Å². The van der Waals surface area contributed by atoms with Crippen LogP contribution in [0.5, 0.6) is 0 Å². The van der Waals surface area contributed by atoms with Crippen LogP contribution in [0.25, 0.3) is 0 Å². The first-order chi connectivity index (χ1) is 9.60. The van der Waals surface area contributed by atoms with Gasteiger partial charge in [-0.05, 0) is 38.1 Å². The summed E-state index contributed by atoms with van der Waals surface area (Å²) in [5.74, 6) is -0.948. The van der Waals surface area contributed by atoms with Crippen molar-refractivity contribution in [3.05, 3.63) is 59.4 Å². The minimum absolute atomic E-state index is 0.111. The summed E-state index contributed by atoms with van der Waals surface area (Å²) in [4.78, 5) is 21.9. The predicted molar refractivity (Wildman–Crippen MR) is 73.6 cm³/mol. The number of carbonyl (C=O) groups is 1. The molecule has 0 fully saturated rings. The van der Waals surface area contributed by atoms with E-state index < -0.39 is 5.95 Å². The number of amides is 1. The summed E-state index contributed by atoms with van der Waals surface area (Å²) in [6.07, 6.45) is 0. The molecule has 2 heterocycles. The summed E-state index contributed by atoms with van der Waals surface area (Å²) < 4.78 is 13.1. The van der Waals surface area contributed by atoms with Crippen molar-refractivity contribution in [1.29, 1.82) is 0 Å². The Morgan fingerprint density at radius 2 is 1.95 bits per heavy atom. The molecule has 0 aliphatic rings. The molecule has 0 saturated heterocycles. The van der Waals surface area contributed by atoms with Crippen LogP contribution in [-0.2, 0) is 6.54 Å². The van der Waals surface area contributed by atoms with Crippen LogP contribution in [0.1, 0.15) is 28.8 Å². The number of aromatic nitrogens is 2. The lowest BCUT2D eigenvalue weighted by Gasteiger charge is -2.20. The van der Waals surface area contributed by atoms with E-state index in [2.05, 4.69) is 9.97 Å². The third kappa shape index (κ3) is 3.38. The first kappa shape index (κ1) is 14.1. The fourth-order valence-electron chi connectivity index (χ4n) is 1.90. The number of rotatable bonds is 4. The smallest absolute Gasteiger partial charge is 0.272 e. The van der Waals surface area contributed by atoms with Crippen LogP contribution in [0.4, 0.5) is 4.39 Å². The molecule has 0 aliphatic carbocycles. The van der Waals surface area contributed by atoms with E-state index in [9.17, 15) is 9.18 Å². The highest BCUT2D eigenvalue weighted by molar-refractivity contribution is 5.92. The van der Waals surface area contributed by atoms with Crippen LogP contribution in [-0.4, -0.2) is 27.3 Å². The van der Waals surface area contributed by atoms with Crippen LogP contribution in [0, 0.1) is 12.9 Å². The van der Waals surface area contributed by atoms with Gasteiger partial charge < -0.3 is 4.90 Å². The topological polar surface area (TPSA) is 46.1 Å². The molecule has 0 spiro atoms. The highest BCUT2D eigenvalue weighted by Gasteiger charge is 2.16. The zero-order valence-electron chi connectivity index (χ0n) is 11.5. The monoisotopic (exact) mass is 273 g/mol.